The highest BCUT2D eigenvalue weighted by atomic mass is 35.5. The molecule has 2 aromatic rings. The summed E-state index contributed by atoms with van der Waals surface area (Å²) in [5.41, 5.74) is 3.66. The maximum Gasteiger partial charge on any atom is 0.316 e. The van der Waals surface area contributed by atoms with E-state index in [1.165, 1.54) is 11.8 Å². The molecule has 1 amide bonds. The van der Waals surface area contributed by atoms with E-state index in [0.717, 1.165) is 22.4 Å². The smallest absolute Gasteiger partial charge is 0.316 e. The molecule has 2 rings (SSSR count). The minimum absolute atomic E-state index is 0.169. The molecule has 1 N–H and O–H groups in total. The van der Waals surface area contributed by atoms with E-state index in [1.54, 1.807) is 0 Å². The molecule has 0 fully saturated rings. The normalized spacial score (nSPS) is 10.4. The fraction of sp³-hybridized carbons (Fsp3) is 0.263. The molecule has 0 saturated heterocycles. The molecule has 0 unspecified atom stereocenters. The lowest BCUT2D eigenvalue weighted by molar-refractivity contribution is -0.144. The number of ether oxygens (including phenoxy) is 1. The molecule has 0 heterocycles. The average Bonchev–Trinajstić information content (AvgIpc) is 2.58. The van der Waals surface area contributed by atoms with Crippen molar-refractivity contribution in [3.8, 4) is 0 Å². The summed E-state index contributed by atoms with van der Waals surface area (Å²) in [5.74, 6) is 0.0150. The van der Waals surface area contributed by atoms with Crippen LogP contribution in [0.2, 0.25) is 5.02 Å². The maximum atomic E-state index is 11.9. The Hall–Kier alpha value is -1.98. The topological polar surface area (TPSA) is 55.4 Å². The van der Waals surface area contributed by atoms with Crippen molar-refractivity contribution in [2.45, 2.75) is 19.6 Å². The lowest BCUT2D eigenvalue weighted by atomic mass is 10.1. The van der Waals surface area contributed by atoms with Crippen molar-refractivity contribution in [3.63, 3.8) is 0 Å². The van der Waals surface area contributed by atoms with Crippen molar-refractivity contribution in [1.29, 1.82) is 0 Å². The van der Waals surface area contributed by atoms with Crippen molar-refractivity contribution in [3.05, 3.63) is 64.2 Å². The van der Waals surface area contributed by atoms with Gasteiger partial charge in [0.05, 0.1) is 5.75 Å². The molecule has 0 aliphatic rings. The van der Waals surface area contributed by atoms with E-state index >= 15 is 0 Å². The molecule has 25 heavy (non-hydrogen) atoms. The summed E-state index contributed by atoms with van der Waals surface area (Å²) < 4.78 is 5.02. The zero-order valence-electron chi connectivity index (χ0n) is 14.2. The number of esters is 1. The molecule has 4 nitrogen and oxygen atoms in total. The van der Waals surface area contributed by atoms with E-state index in [9.17, 15) is 9.59 Å². The predicted molar refractivity (Wildman–Crippen MR) is 103 cm³/mol. The van der Waals surface area contributed by atoms with Gasteiger partial charge in [0, 0.05) is 16.5 Å². The number of halogens is 1. The highest BCUT2D eigenvalue weighted by Gasteiger charge is 2.11. The van der Waals surface area contributed by atoms with Gasteiger partial charge in [-0.15, -0.1) is 11.8 Å². The first-order valence-corrected chi connectivity index (χ1v) is 9.33. The van der Waals surface area contributed by atoms with Gasteiger partial charge in [-0.3, -0.25) is 9.59 Å². The number of hydrogen-bond acceptors (Lipinski definition) is 4. The second kappa shape index (κ2) is 9.49. The van der Waals surface area contributed by atoms with Crippen LogP contribution in [0, 0.1) is 13.8 Å². The van der Waals surface area contributed by atoms with E-state index < -0.39 is 5.97 Å². The van der Waals surface area contributed by atoms with Crippen LogP contribution in [0.1, 0.15) is 16.7 Å². The average molecular weight is 378 g/mol. The van der Waals surface area contributed by atoms with E-state index in [0.29, 0.717) is 10.8 Å². The van der Waals surface area contributed by atoms with Gasteiger partial charge >= 0.3 is 5.97 Å². The van der Waals surface area contributed by atoms with Gasteiger partial charge in [0.2, 0.25) is 0 Å². The molecule has 0 spiro atoms. The molecular formula is C19H20ClNO3S. The van der Waals surface area contributed by atoms with E-state index in [-0.39, 0.29) is 18.3 Å². The Bertz CT molecular complexity index is 744. The van der Waals surface area contributed by atoms with Crippen LogP contribution < -0.4 is 5.32 Å². The Morgan fingerprint density at radius 1 is 1.08 bits per heavy atom. The second-order valence-corrected chi connectivity index (χ2v) is 6.95. The number of hydrogen-bond donors (Lipinski definition) is 1. The molecular weight excluding hydrogens is 358 g/mol. The zero-order valence-corrected chi connectivity index (χ0v) is 15.7. The van der Waals surface area contributed by atoms with Crippen LogP contribution in [-0.2, 0) is 20.1 Å². The summed E-state index contributed by atoms with van der Waals surface area (Å²) in [6, 6.07) is 13.3. The summed E-state index contributed by atoms with van der Waals surface area (Å²) >= 11 is 7.46. The van der Waals surface area contributed by atoms with Gasteiger partial charge < -0.3 is 10.1 Å². The van der Waals surface area contributed by atoms with Crippen LogP contribution in [0.4, 0.5) is 5.69 Å². The number of carbonyl (C=O) groups is 2. The molecule has 0 bridgehead atoms. The van der Waals surface area contributed by atoms with Crippen molar-refractivity contribution in [1.82, 2.24) is 0 Å². The molecule has 2 aromatic carbocycles. The third-order valence-corrected chi connectivity index (χ3v) is 4.87. The number of aryl methyl sites for hydroxylation is 2. The Labute approximate surface area is 156 Å². The zero-order chi connectivity index (χ0) is 18.2. The predicted octanol–water partition coefficient (Wildman–Crippen LogP) is 4.37. The molecule has 132 valence electrons. The largest absolute Gasteiger partial charge is 0.455 e. The monoisotopic (exact) mass is 377 g/mol. The van der Waals surface area contributed by atoms with E-state index in [1.807, 2.05) is 56.3 Å². The first-order chi connectivity index (χ1) is 12.0. The van der Waals surface area contributed by atoms with Gasteiger partial charge in [-0.05, 0) is 36.6 Å². The first-order valence-electron chi connectivity index (χ1n) is 7.80. The van der Waals surface area contributed by atoms with Crippen LogP contribution in [-0.4, -0.2) is 24.2 Å². The van der Waals surface area contributed by atoms with Crippen molar-refractivity contribution in [2.24, 2.45) is 0 Å². The summed E-state index contributed by atoms with van der Waals surface area (Å²) in [6.45, 7) is 3.54. The number of carbonyl (C=O) groups excluding carboxylic acids is 2. The molecule has 0 atom stereocenters. The number of para-hydroxylation sites is 1. The summed E-state index contributed by atoms with van der Waals surface area (Å²) in [5, 5.41) is 3.46. The van der Waals surface area contributed by atoms with Crippen molar-refractivity contribution in [2.75, 3.05) is 17.7 Å². The lowest BCUT2D eigenvalue weighted by Gasteiger charge is -2.11. The molecule has 0 aromatic heterocycles. The molecule has 0 saturated carbocycles. The lowest BCUT2D eigenvalue weighted by Crippen LogP contribution is -2.22. The maximum absolute atomic E-state index is 11.9. The van der Waals surface area contributed by atoms with Crippen LogP contribution in [0.5, 0.6) is 0 Å². The van der Waals surface area contributed by atoms with E-state index in [4.69, 9.17) is 16.3 Å². The Balaban J connectivity index is 1.73. The minimum Gasteiger partial charge on any atom is -0.455 e. The first kappa shape index (κ1) is 19.3. The van der Waals surface area contributed by atoms with Crippen LogP contribution >= 0.6 is 23.4 Å². The van der Waals surface area contributed by atoms with Gasteiger partial charge in [0.25, 0.3) is 5.91 Å². The number of rotatable bonds is 7. The van der Waals surface area contributed by atoms with Gasteiger partial charge in [-0.2, -0.15) is 0 Å². The Morgan fingerprint density at radius 2 is 1.76 bits per heavy atom. The highest BCUT2D eigenvalue weighted by molar-refractivity contribution is 7.99. The number of nitrogens with one attached hydrogen (secondary N) is 1. The van der Waals surface area contributed by atoms with Crippen LogP contribution in [0.25, 0.3) is 0 Å². The minimum atomic E-state index is -0.422. The van der Waals surface area contributed by atoms with Gasteiger partial charge in [-0.1, -0.05) is 48.0 Å². The van der Waals surface area contributed by atoms with Crippen LogP contribution in [0.15, 0.2) is 42.5 Å². The Morgan fingerprint density at radius 3 is 2.44 bits per heavy atom. The number of thioether (sulfide) groups is 1. The van der Waals surface area contributed by atoms with Crippen molar-refractivity contribution >= 4 is 40.9 Å². The standard InChI is InChI=1S/C19H20ClNO3S/c1-13-6-5-7-14(2)19(13)21-17(22)10-24-18(23)12-25-11-15-8-3-4-9-16(15)20/h3-9H,10-12H2,1-2H3,(H,21,22). The third kappa shape index (κ3) is 6.11. The highest BCUT2D eigenvalue weighted by Crippen LogP contribution is 2.21. The summed E-state index contributed by atoms with van der Waals surface area (Å²) in [4.78, 5) is 23.7. The molecule has 0 aliphatic carbocycles. The number of benzene rings is 2. The van der Waals surface area contributed by atoms with Gasteiger partial charge in [-0.25, -0.2) is 0 Å². The molecule has 0 radical (unpaired) electrons. The van der Waals surface area contributed by atoms with Crippen LogP contribution in [0.3, 0.4) is 0 Å². The Kier molecular flexibility index (Phi) is 7.34. The number of amides is 1. The van der Waals surface area contributed by atoms with Gasteiger partial charge in [0.15, 0.2) is 6.61 Å². The third-order valence-electron chi connectivity index (χ3n) is 3.55. The number of anilines is 1. The second-order valence-electron chi connectivity index (χ2n) is 5.56. The fourth-order valence-corrected chi connectivity index (χ4v) is 3.34. The van der Waals surface area contributed by atoms with E-state index in [2.05, 4.69) is 5.32 Å². The SMILES string of the molecule is Cc1cccc(C)c1NC(=O)COC(=O)CSCc1ccccc1Cl. The fourth-order valence-electron chi connectivity index (χ4n) is 2.23. The summed E-state index contributed by atoms with van der Waals surface area (Å²) in [7, 11) is 0. The quantitative estimate of drug-likeness (QED) is 0.728. The van der Waals surface area contributed by atoms with Gasteiger partial charge in [0.1, 0.15) is 0 Å². The van der Waals surface area contributed by atoms with Crippen molar-refractivity contribution < 1.29 is 14.3 Å². The summed E-state index contributed by atoms with van der Waals surface area (Å²) in [6.07, 6.45) is 0. The molecule has 6 heteroatoms. The molecule has 0 aliphatic heterocycles.